The average Bonchev–Trinajstić information content (AvgIpc) is 2.65. The molecule has 0 saturated heterocycles. The van der Waals surface area contributed by atoms with E-state index in [0.29, 0.717) is 18.0 Å². The van der Waals surface area contributed by atoms with Crippen molar-refractivity contribution in [3.8, 4) is 0 Å². The van der Waals surface area contributed by atoms with Crippen molar-refractivity contribution in [3.05, 3.63) is 23.2 Å². The fraction of sp³-hybridized carbons (Fsp3) is 0.455. The molecule has 1 atom stereocenters. The molecule has 0 bridgehead atoms. The lowest BCUT2D eigenvalue weighted by Crippen LogP contribution is -2.29. The third-order valence-electron chi connectivity index (χ3n) is 2.72. The van der Waals surface area contributed by atoms with E-state index in [1.165, 1.54) is 0 Å². The monoisotopic (exact) mass is 339 g/mol. The van der Waals surface area contributed by atoms with Gasteiger partial charge in [-0.2, -0.15) is 8.42 Å². The molecule has 0 amide bonds. The molecule has 0 fully saturated rings. The molecule has 1 unspecified atom stereocenters. The Balaban J connectivity index is 2.12. The van der Waals surface area contributed by atoms with Gasteiger partial charge in [-0.05, 0) is 30.9 Å². The minimum absolute atomic E-state index is 0.217. The number of fused-ring (bicyclic) bond motifs is 1. The van der Waals surface area contributed by atoms with Crippen LogP contribution in [0.15, 0.2) is 23.1 Å². The number of thioether (sulfide) groups is 2. The molecular formula is C11H14ClNO3S3. The van der Waals surface area contributed by atoms with Crippen molar-refractivity contribution >= 4 is 50.9 Å². The quantitative estimate of drug-likeness (QED) is 0.831. The lowest BCUT2D eigenvalue weighted by Gasteiger charge is -2.25. The number of nitrogens with zero attached hydrogens (tertiary/aromatic N) is 1. The van der Waals surface area contributed by atoms with Gasteiger partial charge in [0.25, 0.3) is 10.1 Å². The van der Waals surface area contributed by atoms with Crippen molar-refractivity contribution in [3.63, 3.8) is 0 Å². The minimum Gasteiger partial charge on any atom is -0.350 e. The van der Waals surface area contributed by atoms with Gasteiger partial charge in [-0.25, -0.2) is 0 Å². The Morgan fingerprint density at radius 1 is 1.53 bits per heavy atom. The summed E-state index contributed by atoms with van der Waals surface area (Å²) in [6.45, 7) is 0.575. The van der Waals surface area contributed by atoms with Crippen molar-refractivity contribution in [1.29, 1.82) is 0 Å². The summed E-state index contributed by atoms with van der Waals surface area (Å²) in [5, 5.41) is 0.667. The molecule has 8 heteroatoms. The summed E-state index contributed by atoms with van der Waals surface area (Å²) in [6, 6.07) is 5.73. The van der Waals surface area contributed by atoms with Crippen LogP contribution in [0.25, 0.3) is 0 Å². The lowest BCUT2D eigenvalue weighted by molar-refractivity contribution is 0.481. The van der Waals surface area contributed by atoms with Gasteiger partial charge in [0.2, 0.25) is 0 Å². The number of halogens is 1. The minimum atomic E-state index is -3.89. The molecule has 106 valence electrons. The molecule has 1 N–H and O–H groups in total. The summed E-state index contributed by atoms with van der Waals surface area (Å²) < 4.78 is 30.5. The highest BCUT2D eigenvalue weighted by Crippen LogP contribution is 2.47. The van der Waals surface area contributed by atoms with Gasteiger partial charge in [-0.1, -0.05) is 23.4 Å². The zero-order valence-corrected chi connectivity index (χ0v) is 13.4. The van der Waals surface area contributed by atoms with Crippen LogP contribution in [0.4, 0.5) is 5.69 Å². The molecule has 1 aliphatic heterocycles. The SMILES string of the molecule is CSC1Sc2ccc(Cl)cc2N1CCCS(=O)(=O)O. The van der Waals surface area contributed by atoms with E-state index in [-0.39, 0.29) is 10.5 Å². The van der Waals surface area contributed by atoms with Gasteiger partial charge >= 0.3 is 0 Å². The Bertz CT molecular complexity index is 564. The summed E-state index contributed by atoms with van der Waals surface area (Å²) in [5.74, 6) is -0.217. The molecule has 2 rings (SSSR count). The van der Waals surface area contributed by atoms with Crippen LogP contribution in [0.1, 0.15) is 6.42 Å². The largest absolute Gasteiger partial charge is 0.350 e. The van der Waals surface area contributed by atoms with E-state index in [4.69, 9.17) is 16.2 Å². The molecule has 19 heavy (non-hydrogen) atoms. The molecule has 0 aromatic heterocycles. The Hall–Kier alpha value is -0.0800. The fourth-order valence-corrected chi connectivity index (χ4v) is 4.76. The highest BCUT2D eigenvalue weighted by molar-refractivity contribution is 8.17. The van der Waals surface area contributed by atoms with Crippen LogP contribution in [-0.2, 0) is 10.1 Å². The average molecular weight is 340 g/mol. The molecule has 0 radical (unpaired) electrons. The van der Waals surface area contributed by atoms with Crippen molar-refractivity contribution < 1.29 is 13.0 Å². The standard InChI is InChI=1S/C11H14ClNO3S3/c1-17-11-13(5-2-6-19(14,15)16)9-7-8(12)3-4-10(9)18-11/h3-4,7,11H,2,5-6H2,1H3,(H,14,15,16). The highest BCUT2D eigenvalue weighted by Gasteiger charge is 2.29. The molecule has 1 aromatic carbocycles. The molecule has 1 aliphatic rings. The van der Waals surface area contributed by atoms with E-state index in [2.05, 4.69) is 4.90 Å². The second kappa shape index (κ2) is 6.13. The smallest absolute Gasteiger partial charge is 0.264 e. The molecule has 0 saturated carbocycles. The first kappa shape index (κ1) is 15.3. The first-order chi connectivity index (χ1) is 8.90. The van der Waals surface area contributed by atoms with Crippen molar-refractivity contribution in [2.45, 2.75) is 16.0 Å². The Kier molecular flexibility index (Phi) is 4.94. The molecule has 1 heterocycles. The van der Waals surface area contributed by atoms with E-state index >= 15 is 0 Å². The summed E-state index contributed by atoms with van der Waals surface area (Å²) >= 11 is 9.43. The van der Waals surface area contributed by atoms with Crippen molar-refractivity contribution in [1.82, 2.24) is 0 Å². The van der Waals surface area contributed by atoms with Gasteiger partial charge in [-0.15, -0.1) is 11.8 Å². The number of rotatable bonds is 5. The van der Waals surface area contributed by atoms with E-state index in [1.807, 2.05) is 24.5 Å². The van der Waals surface area contributed by atoms with Crippen LogP contribution in [0.3, 0.4) is 0 Å². The topological polar surface area (TPSA) is 57.6 Å². The summed E-state index contributed by atoms with van der Waals surface area (Å²) in [6.07, 6.45) is 2.41. The number of hydrogen-bond acceptors (Lipinski definition) is 5. The zero-order valence-electron chi connectivity index (χ0n) is 10.2. The maximum Gasteiger partial charge on any atom is 0.264 e. The summed E-state index contributed by atoms with van der Waals surface area (Å²) in [4.78, 5) is 3.28. The molecule has 1 aromatic rings. The second-order valence-corrected chi connectivity index (χ2v) is 8.45. The van der Waals surface area contributed by atoms with Crippen molar-refractivity contribution in [2.24, 2.45) is 0 Å². The molecule has 0 aliphatic carbocycles. The van der Waals surface area contributed by atoms with E-state index in [0.717, 1.165) is 10.6 Å². The maximum absolute atomic E-state index is 10.8. The van der Waals surface area contributed by atoms with Gasteiger partial charge in [0.15, 0.2) is 0 Å². The number of anilines is 1. The normalized spacial score (nSPS) is 18.7. The summed E-state index contributed by atoms with van der Waals surface area (Å²) in [7, 11) is -3.89. The van der Waals surface area contributed by atoms with E-state index in [1.54, 1.807) is 23.5 Å². The predicted octanol–water partition coefficient (Wildman–Crippen LogP) is 3.18. The number of benzene rings is 1. The van der Waals surface area contributed by atoms with Gasteiger partial charge < -0.3 is 4.90 Å². The van der Waals surface area contributed by atoms with Crippen LogP contribution >= 0.6 is 35.1 Å². The van der Waals surface area contributed by atoms with E-state index < -0.39 is 10.1 Å². The van der Waals surface area contributed by atoms with Gasteiger partial charge in [-0.3, -0.25) is 4.55 Å². The van der Waals surface area contributed by atoms with Gasteiger partial charge in [0.1, 0.15) is 4.71 Å². The van der Waals surface area contributed by atoms with E-state index in [9.17, 15) is 8.42 Å². The van der Waals surface area contributed by atoms with Crippen LogP contribution in [0.2, 0.25) is 5.02 Å². The van der Waals surface area contributed by atoms with Gasteiger partial charge in [0.05, 0.1) is 11.4 Å². The maximum atomic E-state index is 10.8. The van der Waals surface area contributed by atoms with Gasteiger partial charge in [0, 0.05) is 16.5 Å². The predicted molar refractivity (Wildman–Crippen MR) is 83.0 cm³/mol. The Morgan fingerprint density at radius 3 is 2.89 bits per heavy atom. The third kappa shape index (κ3) is 3.95. The lowest BCUT2D eigenvalue weighted by atomic mass is 10.3. The van der Waals surface area contributed by atoms with Crippen LogP contribution in [0.5, 0.6) is 0 Å². The Morgan fingerprint density at radius 2 is 2.26 bits per heavy atom. The van der Waals surface area contributed by atoms with Crippen molar-refractivity contribution in [2.75, 3.05) is 23.5 Å². The van der Waals surface area contributed by atoms with Crippen LogP contribution < -0.4 is 4.90 Å². The Labute approximate surface area is 126 Å². The third-order valence-corrected chi connectivity index (χ3v) is 6.33. The molecule has 0 spiro atoms. The fourth-order valence-electron chi connectivity index (χ4n) is 1.92. The van der Waals surface area contributed by atoms with Crippen LogP contribution in [-0.4, -0.2) is 36.2 Å². The van der Waals surface area contributed by atoms with Crippen LogP contribution in [0, 0.1) is 0 Å². The first-order valence-corrected chi connectivity index (χ1v) is 9.77. The molecular weight excluding hydrogens is 326 g/mol. The number of hydrogen-bond donors (Lipinski definition) is 1. The highest BCUT2D eigenvalue weighted by atomic mass is 35.5. The first-order valence-electron chi connectivity index (χ1n) is 5.61. The molecule has 4 nitrogen and oxygen atoms in total. The summed E-state index contributed by atoms with van der Waals surface area (Å²) in [5.41, 5.74) is 1.03. The second-order valence-electron chi connectivity index (χ2n) is 4.11. The zero-order chi connectivity index (χ0) is 14.0.